The van der Waals surface area contributed by atoms with Crippen molar-refractivity contribution in [3.8, 4) is 22.5 Å². The molecule has 0 bridgehead atoms. The van der Waals surface area contributed by atoms with E-state index in [-0.39, 0.29) is 12.3 Å². The summed E-state index contributed by atoms with van der Waals surface area (Å²) >= 11 is 0. The highest BCUT2D eigenvalue weighted by molar-refractivity contribution is 5.91. The number of nitrogens with one attached hydrogen (secondary N) is 3. The average molecular weight is 822 g/mol. The van der Waals surface area contributed by atoms with Gasteiger partial charge < -0.3 is 24.9 Å². The number of carbonyl (C=O) groups excluding carboxylic acids is 1. The van der Waals surface area contributed by atoms with E-state index in [0.29, 0.717) is 78.0 Å². The van der Waals surface area contributed by atoms with Crippen LogP contribution in [0.25, 0.3) is 22.5 Å². The highest BCUT2D eigenvalue weighted by Crippen LogP contribution is 2.26. The molecule has 3 N–H and O–H groups in total. The molecule has 2 aliphatic rings. The van der Waals surface area contributed by atoms with Crippen LogP contribution in [-0.2, 0) is 24.1 Å². The van der Waals surface area contributed by atoms with E-state index in [9.17, 15) is 4.79 Å². The number of amides is 1. The number of rotatable bonds is 14. The molecule has 0 radical (unpaired) electrons. The van der Waals surface area contributed by atoms with E-state index in [1.807, 2.05) is 74.5 Å². The number of nitrogens with zero attached hydrogens (tertiary/aromatic N) is 14. The first-order chi connectivity index (χ1) is 29.8. The Morgan fingerprint density at radius 2 is 1.20 bits per heavy atom. The number of hydrogen-bond acceptors (Lipinski definition) is 17. The molecule has 8 rings (SSSR count). The normalized spacial score (nSPS) is 14.8. The first kappa shape index (κ1) is 41.0. The van der Waals surface area contributed by atoms with Crippen molar-refractivity contribution >= 4 is 47.3 Å². The van der Waals surface area contributed by atoms with E-state index in [1.54, 1.807) is 12.4 Å². The SMILES string of the molecule is CCc1nc(Nc2nccc(-c3cccc(NC(=O)CCc4cnc(Nc5nc(CC)nc(N6CCN(C)CC6)n5)nc4-c4ccccc4)c3)n2)nc(N2CCN(C)CC2)n1. The van der Waals surface area contributed by atoms with E-state index in [1.165, 1.54) is 0 Å². The summed E-state index contributed by atoms with van der Waals surface area (Å²) in [5, 5.41) is 9.49. The Labute approximate surface area is 355 Å². The van der Waals surface area contributed by atoms with Gasteiger partial charge in [-0.05, 0) is 44.3 Å². The van der Waals surface area contributed by atoms with Crippen LogP contribution in [0, 0.1) is 0 Å². The summed E-state index contributed by atoms with van der Waals surface area (Å²) in [6.07, 6.45) is 5.42. The first-order valence-electron chi connectivity index (χ1n) is 20.8. The maximum Gasteiger partial charge on any atom is 0.234 e. The van der Waals surface area contributed by atoms with Crippen molar-refractivity contribution in [3.63, 3.8) is 0 Å². The fraction of sp³-hybridized carbons (Fsp3) is 0.372. The van der Waals surface area contributed by atoms with Gasteiger partial charge in [0.05, 0.1) is 11.4 Å². The monoisotopic (exact) mass is 821 g/mol. The summed E-state index contributed by atoms with van der Waals surface area (Å²) in [6, 6.07) is 19.3. The van der Waals surface area contributed by atoms with Crippen molar-refractivity contribution in [1.29, 1.82) is 0 Å². The van der Waals surface area contributed by atoms with Gasteiger partial charge in [0, 0.05) is 101 Å². The molecule has 18 nitrogen and oxygen atoms in total. The van der Waals surface area contributed by atoms with Crippen molar-refractivity contribution in [3.05, 3.63) is 90.3 Å². The van der Waals surface area contributed by atoms with E-state index in [0.717, 1.165) is 74.7 Å². The lowest BCUT2D eigenvalue weighted by molar-refractivity contribution is -0.116. The summed E-state index contributed by atoms with van der Waals surface area (Å²) in [7, 11) is 4.24. The number of likely N-dealkylation sites (N-methyl/N-ethyl adjacent to an activating group) is 2. The highest BCUT2D eigenvalue weighted by atomic mass is 16.1. The molecule has 2 aliphatic heterocycles. The molecule has 0 spiro atoms. The lowest BCUT2D eigenvalue weighted by Gasteiger charge is -2.32. The Bertz CT molecular complexity index is 2430. The summed E-state index contributed by atoms with van der Waals surface area (Å²) in [5.74, 6) is 4.05. The third kappa shape index (κ3) is 10.5. The van der Waals surface area contributed by atoms with Crippen LogP contribution in [0.4, 0.5) is 41.4 Å². The number of aryl methyl sites for hydroxylation is 3. The summed E-state index contributed by atoms with van der Waals surface area (Å²) in [5.41, 5.74) is 4.61. The number of carbonyl (C=O) groups is 1. The van der Waals surface area contributed by atoms with Crippen LogP contribution in [0.15, 0.2) is 73.1 Å². The van der Waals surface area contributed by atoms with Crippen LogP contribution in [0.5, 0.6) is 0 Å². The van der Waals surface area contributed by atoms with Crippen molar-refractivity contribution in [2.45, 2.75) is 39.5 Å². The standard InChI is InChI=1S/C43H51N17O/c1-5-34-48-40(55-42(50-34)59-23-19-57(3)20-24-59)53-38-44-18-17-33(47-38)30-13-10-14-32(27-30)46-36(61)16-15-31-28-45-39(52-37(31)29-11-8-7-9-12-29)54-41-49-35(6-2)51-43(56-41)60-25-21-58(4)22-26-60/h7-14,17-18,27-28H,5-6,15-16,19-26H2,1-4H3,(H,46,61)(H,44,47,48,50,53,55)(H,45,49,51,52,54,56). The van der Waals surface area contributed by atoms with Crippen molar-refractivity contribution in [2.24, 2.45) is 0 Å². The molecule has 61 heavy (non-hydrogen) atoms. The van der Waals surface area contributed by atoms with E-state index in [2.05, 4.69) is 74.6 Å². The number of aromatic nitrogens is 10. The van der Waals surface area contributed by atoms with Gasteiger partial charge in [-0.25, -0.2) is 19.9 Å². The van der Waals surface area contributed by atoms with Gasteiger partial charge in [-0.2, -0.15) is 29.9 Å². The average Bonchev–Trinajstić information content (AvgIpc) is 3.29. The summed E-state index contributed by atoms with van der Waals surface area (Å²) in [4.78, 5) is 69.2. The van der Waals surface area contributed by atoms with Gasteiger partial charge in [-0.3, -0.25) is 15.4 Å². The Hall–Kier alpha value is -6.79. The van der Waals surface area contributed by atoms with Crippen LogP contribution in [-0.4, -0.2) is 132 Å². The Kier molecular flexibility index (Phi) is 12.8. The molecule has 0 aliphatic carbocycles. The van der Waals surface area contributed by atoms with E-state index in [4.69, 9.17) is 24.9 Å². The highest BCUT2D eigenvalue weighted by Gasteiger charge is 2.21. The summed E-state index contributed by atoms with van der Waals surface area (Å²) in [6.45, 7) is 11.2. The largest absolute Gasteiger partial charge is 0.338 e. The topological polar surface area (TPSA) is 195 Å². The molecular weight excluding hydrogens is 771 g/mol. The first-order valence-corrected chi connectivity index (χ1v) is 20.8. The molecule has 2 fully saturated rings. The Morgan fingerprint density at radius 1 is 0.607 bits per heavy atom. The lowest BCUT2D eigenvalue weighted by Crippen LogP contribution is -2.45. The number of benzene rings is 2. The second kappa shape index (κ2) is 19.1. The second-order valence-corrected chi connectivity index (χ2v) is 15.1. The third-order valence-corrected chi connectivity index (χ3v) is 10.6. The summed E-state index contributed by atoms with van der Waals surface area (Å²) < 4.78 is 0. The number of piperazine rings is 2. The van der Waals surface area contributed by atoms with Gasteiger partial charge in [0.25, 0.3) is 0 Å². The molecular formula is C43H51N17O. The van der Waals surface area contributed by atoms with Crippen molar-refractivity contribution < 1.29 is 4.79 Å². The zero-order chi connectivity index (χ0) is 42.1. The molecule has 0 atom stereocenters. The smallest absolute Gasteiger partial charge is 0.234 e. The predicted molar refractivity (Wildman–Crippen MR) is 236 cm³/mol. The molecule has 2 saturated heterocycles. The van der Waals surface area contributed by atoms with Gasteiger partial charge in [0.15, 0.2) is 0 Å². The van der Waals surface area contributed by atoms with Crippen LogP contribution in [0.2, 0.25) is 0 Å². The minimum atomic E-state index is -0.144. The predicted octanol–water partition coefficient (Wildman–Crippen LogP) is 4.66. The van der Waals surface area contributed by atoms with Gasteiger partial charge in [-0.1, -0.05) is 56.3 Å². The molecule has 4 aromatic heterocycles. The van der Waals surface area contributed by atoms with E-state index < -0.39 is 0 Å². The fourth-order valence-corrected chi connectivity index (χ4v) is 7.04. The Morgan fingerprint density at radius 3 is 1.80 bits per heavy atom. The van der Waals surface area contributed by atoms with Gasteiger partial charge in [0.2, 0.25) is 41.6 Å². The molecule has 18 heteroatoms. The van der Waals surface area contributed by atoms with Crippen molar-refractivity contribution in [2.75, 3.05) is 92.2 Å². The number of anilines is 7. The van der Waals surface area contributed by atoms with Crippen LogP contribution in [0.3, 0.4) is 0 Å². The molecule has 6 heterocycles. The maximum absolute atomic E-state index is 13.4. The number of hydrogen-bond donors (Lipinski definition) is 3. The van der Waals surface area contributed by atoms with Crippen LogP contribution >= 0.6 is 0 Å². The molecule has 0 saturated carbocycles. The third-order valence-electron chi connectivity index (χ3n) is 10.6. The quantitative estimate of drug-likeness (QED) is 0.137. The zero-order valence-corrected chi connectivity index (χ0v) is 35.1. The fourth-order valence-electron chi connectivity index (χ4n) is 7.04. The molecule has 314 valence electrons. The Balaban J connectivity index is 0.937. The van der Waals surface area contributed by atoms with E-state index >= 15 is 0 Å². The molecule has 0 unspecified atom stereocenters. The van der Waals surface area contributed by atoms with Gasteiger partial charge in [-0.15, -0.1) is 0 Å². The van der Waals surface area contributed by atoms with Gasteiger partial charge >= 0.3 is 0 Å². The molecule has 1 amide bonds. The molecule has 2 aromatic carbocycles. The second-order valence-electron chi connectivity index (χ2n) is 15.1. The van der Waals surface area contributed by atoms with Crippen molar-refractivity contribution in [1.82, 2.24) is 59.6 Å². The minimum Gasteiger partial charge on any atom is -0.338 e. The van der Waals surface area contributed by atoms with Crippen LogP contribution < -0.4 is 25.8 Å². The maximum atomic E-state index is 13.4. The van der Waals surface area contributed by atoms with Crippen LogP contribution in [0.1, 0.15) is 37.5 Å². The minimum absolute atomic E-state index is 0.144. The van der Waals surface area contributed by atoms with Gasteiger partial charge in [0.1, 0.15) is 11.6 Å². The zero-order valence-electron chi connectivity index (χ0n) is 35.1. The lowest BCUT2D eigenvalue weighted by atomic mass is 10.0. The molecule has 6 aromatic rings.